The summed E-state index contributed by atoms with van der Waals surface area (Å²) in [5, 5.41) is 6.10. The van der Waals surface area contributed by atoms with E-state index in [2.05, 4.69) is 48.4 Å². The molecule has 0 spiro atoms. The van der Waals surface area contributed by atoms with Gasteiger partial charge in [-0.15, -0.1) is 11.3 Å². The van der Waals surface area contributed by atoms with Crippen molar-refractivity contribution in [1.82, 2.24) is 4.98 Å². The summed E-state index contributed by atoms with van der Waals surface area (Å²) >= 11 is 7.29. The van der Waals surface area contributed by atoms with Crippen LogP contribution < -0.4 is 5.32 Å². The molecule has 1 amide bonds. The molecule has 0 aliphatic heterocycles. The van der Waals surface area contributed by atoms with E-state index >= 15 is 0 Å². The molecule has 1 aromatic heterocycles. The summed E-state index contributed by atoms with van der Waals surface area (Å²) in [7, 11) is 0. The summed E-state index contributed by atoms with van der Waals surface area (Å²) in [6, 6.07) is 15.7. The van der Waals surface area contributed by atoms with Gasteiger partial charge in [-0.2, -0.15) is 0 Å². The molecule has 0 fully saturated rings. The van der Waals surface area contributed by atoms with E-state index in [0.717, 1.165) is 16.8 Å². The van der Waals surface area contributed by atoms with Gasteiger partial charge in [0.1, 0.15) is 0 Å². The Hall–Kier alpha value is -2.17. The van der Waals surface area contributed by atoms with E-state index < -0.39 is 0 Å². The minimum absolute atomic E-state index is 0.0848. The van der Waals surface area contributed by atoms with Crippen LogP contribution in [0, 0.1) is 0 Å². The quantitative estimate of drug-likeness (QED) is 0.619. The Morgan fingerprint density at radius 1 is 1.12 bits per heavy atom. The van der Waals surface area contributed by atoms with Crippen molar-refractivity contribution in [2.24, 2.45) is 0 Å². The third-order valence-electron chi connectivity index (χ3n) is 3.90. The number of aromatic nitrogens is 1. The van der Waals surface area contributed by atoms with Crippen LogP contribution in [-0.2, 0) is 11.2 Å². The fraction of sp³-hybridized carbons (Fsp3) is 0.200. The van der Waals surface area contributed by atoms with Crippen molar-refractivity contribution in [2.75, 3.05) is 5.32 Å². The smallest absolute Gasteiger partial charge is 0.230 e. The second kappa shape index (κ2) is 7.81. The number of carbonyl (C=O) groups excluding carboxylic acids is 1. The first-order valence-electron chi connectivity index (χ1n) is 8.11. The molecule has 0 saturated heterocycles. The maximum absolute atomic E-state index is 12.2. The summed E-state index contributed by atoms with van der Waals surface area (Å²) in [5.41, 5.74) is 4.15. The molecule has 0 bridgehead atoms. The Morgan fingerprint density at radius 3 is 2.44 bits per heavy atom. The standard InChI is InChI=1S/C20H19ClN2OS/c1-13(2)15-5-7-16(8-6-15)18-12-25-20(22-18)23-19(24)11-14-3-9-17(21)10-4-14/h3-10,12-13H,11H2,1-2H3,(H,22,23,24). The molecule has 1 heterocycles. The lowest BCUT2D eigenvalue weighted by molar-refractivity contribution is -0.115. The number of nitrogens with one attached hydrogen (secondary N) is 1. The summed E-state index contributed by atoms with van der Waals surface area (Å²) in [6.07, 6.45) is 0.301. The van der Waals surface area contributed by atoms with Gasteiger partial charge in [0.2, 0.25) is 5.91 Å². The van der Waals surface area contributed by atoms with E-state index in [1.807, 2.05) is 17.5 Å². The monoisotopic (exact) mass is 370 g/mol. The number of nitrogens with zero attached hydrogens (tertiary/aromatic N) is 1. The zero-order valence-electron chi connectivity index (χ0n) is 14.1. The van der Waals surface area contributed by atoms with Crippen LogP contribution in [0.4, 0.5) is 5.13 Å². The SMILES string of the molecule is CC(C)c1ccc(-c2csc(NC(=O)Cc3ccc(Cl)cc3)n2)cc1. The van der Waals surface area contributed by atoms with E-state index in [1.54, 1.807) is 12.1 Å². The van der Waals surface area contributed by atoms with Crippen LogP contribution in [0.25, 0.3) is 11.3 Å². The number of rotatable bonds is 5. The fourth-order valence-electron chi connectivity index (χ4n) is 2.45. The number of amides is 1. The average Bonchev–Trinajstić information content (AvgIpc) is 3.05. The molecule has 0 saturated carbocycles. The minimum Gasteiger partial charge on any atom is -0.302 e. The van der Waals surface area contributed by atoms with Gasteiger partial charge in [-0.1, -0.05) is 61.8 Å². The van der Waals surface area contributed by atoms with E-state index in [1.165, 1.54) is 16.9 Å². The van der Waals surface area contributed by atoms with E-state index in [0.29, 0.717) is 22.5 Å². The molecule has 0 unspecified atom stereocenters. The van der Waals surface area contributed by atoms with Gasteiger partial charge < -0.3 is 5.32 Å². The van der Waals surface area contributed by atoms with Crippen LogP contribution in [0.15, 0.2) is 53.9 Å². The van der Waals surface area contributed by atoms with Gasteiger partial charge in [-0.25, -0.2) is 4.98 Å². The number of benzene rings is 2. The third-order valence-corrected chi connectivity index (χ3v) is 4.91. The van der Waals surface area contributed by atoms with Gasteiger partial charge in [0.15, 0.2) is 5.13 Å². The first kappa shape index (κ1) is 17.6. The Kier molecular flexibility index (Phi) is 5.51. The molecule has 0 aliphatic rings. The molecular formula is C20H19ClN2OS. The van der Waals surface area contributed by atoms with E-state index in [4.69, 9.17) is 11.6 Å². The molecule has 25 heavy (non-hydrogen) atoms. The molecule has 0 aliphatic carbocycles. The van der Waals surface area contributed by atoms with Crippen LogP contribution >= 0.6 is 22.9 Å². The maximum atomic E-state index is 12.2. The van der Waals surface area contributed by atoms with Crippen LogP contribution in [0.2, 0.25) is 5.02 Å². The van der Waals surface area contributed by atoms with Gasteiger partial charge in [-0.05, 0) is 29.2 Å². The molecule has 1 N–H and O–H groups in total. The molecule has 2 aromatic carbocycles. The van der Waals surface area contributed by atoms with Crippen LogP contribution in [0.5, 0.6) is 0 Å². The van der Waals surface area contributed by atoms with Gasteiger partial charge in [0.25, 0.3) is 0 Å². The zero-order valence-corrected chi connectivity index (χ0v) is 15.7. The fourth-order valence-corrected chi connectivity index (χ4v) is 3.32. The average molecular weight is 371 g/mol. The van der Waals surface area contributed by atoms with E-state index in [9.17, 15) is 4.79 Å². The number of anilines is 1. The molecule has 5 heteroatoms. The highest BCUT2D eigenvalue weighted by atomic mass is 35.5. The second-order valence-corrected chi connectivity index (χ2v) is 7.46. The van der Waals surface area contributed by atoms with Gasteiger partial charge in [0, 0.05) is 16.0 Å². The minimum atomic E-state index is -0.0848. The maximum Gasteiger partial charge on any atom is 0.230 e. The number of hydrogen-bond acceptors (Lipinski definition) is 3. The summed E-state index contributed by atoms with van der Waals surface area (Å²) in [4.78, 5) is 16.7. The summed E-state index contributed by atoms with van der Waals surface area (Å²) in [6.45, 7) is 4.35. The largest absolute Gasteiger partial charge is 0.302 e. The Morgan fingerprint density at radius 2 is 1.80 bits per heavy atom. The Balaban J connectivity index is 1.64. The lowest BCUT2D eigenvalue weighted by Gasteiger charge is -2.05. The first-order chi connectivity index (χ1) is 12.0. The first-order valence-corrected chi connectivity index (χ1v) is 9.37. The van der Waals surface area contributed by atoms with E-state index in [-0.39, 0.29) is 5.91 Å². The topological polar surface area (TPSA) is 42.0 Å². The number of halogens is 1. The highest BCUT2D eigenvalue weighted by molar-refractivity contribution is 7.14. The highest BCUT2D eigenvalue weighted by Crippen LogP contribution is 2.26. The molecule has 128 valence electrons. The molecule has 0 radical (unpaired) electrons. The van der Waals surface area contributed by atoms with Crippen molar-refractivity contribution in [3.8, 4) is 11.3 Å². The normalized spacial score (nSPS) is 10.9. The van der Waals surface area contributed by atoms with Crippen molar-refractivity contribution < 1.29 is 4.79 Å². The predicted octanol–water partition coefficient (Wildman–Crippen LogP) is 5.77. The zero-order chi connectivity index (χ0) is 17.8. The van der Waals surface area contributed by atoms with Gasteiger partial charge >= 0.3 is 0 Å². The molecule has 3 rings (SSSR count). The predicted molar refractivity (Wildman–Crippen MR) is 105 cm³/mol. The number of carbonyl (C=O) groups is 1. The lowest BCUT2D eigenvalue weighted by atomic mass is 10.0. The summed E-state index contributed by atoms with van der Waals surface area (Å²) in [5.74, 6) is 0.422. The van der Waals surface area contributed by atoms with Crippen molar-refractivity contribution in [2.45, 2.75) is 26.2 Å². The van der Waals surface area contributed by atoms with Crippen molar-refractivity contribution >= 4 is 34.0 Å². The highest BCUT2D eigenvalue weighted by Gasteiger charge is 2.09. The van der Waals surface area contributed by atoms with Crippen LogP contribution in [0.1, 0.15) is 30.9 Å². The van der Waals surface area contributed by atoms with Gasteiger partial charge in [0.05, 0.1) is 12.1 Å². The number of thiazole rings is 1. The van der Waals surface area contributed by atoms with Crippen molar-refractivity contribution in [3.63, 3.8) is 0 Å². The molecule has 3 aromatic rings. The molecular weight excluding hydrogens is 352 g/mol. The summed E-state index contributed by atoms with van der Waals surface area (Å²) < 4.78 is 0. The molecule has 0 atom stereocenters. The Bertz CT molecular complexity index is 854. The number of hydrogen-bond donors (Lipinski definition) is 1. The Labute approximate surface area is 156 Å². The van der Waals surface area contributed by atoms with Crippen LogP contribution in [-0.4, -0.2) is 10.9 Å². The van der Waals surface area contributed by atoms with Crippen molar-refractivity contribution in [3.05, 3.63) is 70.1 Å². The second-order valence-electron chi connectivity index (χ2n) is 6.17. The van der Waals surface area contributed by atoms with Crippen LogP contribution in [0.3, 0.4) is 0 Å². The lowest BCUT2D eigenvalue weighted by Crippen LogP contribution is -2.14. The van der Waals surface area contributed by atoms with Crippen molar-refractivity contribution in [1.29, 1.82) is 0 Å². The molecule has 3 nitrogen and oxygen atoms in total. The third kappa shape index (κ3) is 4.68. The van der Waals surface area contributed by atoms with Gasteiger partial charge in [-0.3, -0.25) is 4.79 Å².